The Labute approximate surface area is 137 Å². The minimum atomic E-state index is -3.78. The lowest BCUT2D eigenvalue weighted by molar-refractivity contribution is 0.560. The largest absolute Gasteiger partial charge is 0.423 e. The monoisotopic (exact) mass is 347 g/mol. The van der Waals surface area contributed by atoms with E-state index in [1.807, 2.05) is 0 Å². The van der Waals surface area contributed by atoms with Crippen LogP contribution in [-0.4, -0.2) is 8.42 Å². The molecule has 0 radical (unpaired) electrons. The molecule has 124 valence electrons. The van der Waals surface area contributed by atoms with Gasteiger partial charge >= 0.3 is 5.63 Å². The third-order valence-corrected chi connectivity index (χ3v) is 5.00. The molecule has 0 aliphatic carbocycles. The Morgan fingerprint density at radius 1 is 1.08 bits per heavy atom. The molecule has 7 heteroatoms. The number of nitrogens with one attached hydrogen (secondary N) is 1. The standard InChI is InChI=1S/C17H14FNO4S/c1-11-2-3-12(8-15(11)18)10-19-24(21,22)14-5-6-16-13(9-14)4-7-17(20)23-16/h2-9,19H,10H2,1H3. The summed E-state index contributed by atoms with van der Waals surface area (Å²) in [6.07, 6.45) is 0. The zero-order chi connectivity index (χ0) is 17.3. The van der Waals surface area contributed by atoms with Crippen LogP contribution in [0.25, 0.3) is 11.0 Å². The molecule has 0 spiro atoms. The molecule has 0 amide bonds. The van der Waals surface area contributed by atoms with Crippen molar-refractivity contribution in [3.8, 4) is 0 Å². The molecule has 1 N–H and O–H groups in total. The van der Waals surface area contributed by atoms with Crippen molar-refractivity contribution in [2.75, 3.05) is 0 Å². The van der Waals surface area contributed by atoms with E-state index in [9.17, 15) is 17.6 Å². The fourth-order valence-corrected chi connectivity index (χ4v) is 3.28. The van der Waals surface area contributed by atoms with E-state index in [1.165, 1.54) is 36.4 Å². The van der Waals surface area contributed by atoms with Gasteiger partial charge < -0.3 is 4.42 Å². The maximum absolute atomic E-state index is 13.5. The van der Waals surface area contributed by atoms with E-state index in [4.69, 9.17) is 4.42 Å². The molecule has 0 saturated heterocycles. The Bertz CT molecular complexity index is 1070. The topological polar surface area (TPSA) is 76.4 Å². The second-order valence-corrected chi connectivity index (χ2v) is 7.13. The van der Waals surface area contributed by atoms with Crippen LogP contribution in [0.3, 0.4) is 0 Å². The Morgan fingerprint density at radius 3 is 2.62 bits per heavy atom. The van der Waals surface area contributed by atoms with Crippen LogP contribution in [0.1, 0.15) is 11.1 Å². The van der Waals surface area contributed by atoms with Gasteiger partial charge in [0, 0.05) is 18.0 Å². The van der Waals surface area contributed by atoms with E-state index < -0.39 is 15.6 Å². The van der Waals surface area contributed by atoms with Gasteiger partial charge in [-0.15, -0.1) is 0 Å². The average Bonchev–Trinajstić information content (AvgIpc) is 2.55. The molecule has 0 fully saturated rings. The second kappa shape index (κ2) is 6.18. The van der Waals surface area contributed by atoms with Gasteiger partial charge in [0.2, 0.25) is 10.0 Å². The minimum Gasteiger partial charge on any atom is -0.423 e. The number of halogens is 1. The second-order valence-electron chi connectivity index (χ2n) is 5.36. The molecular weight excluding hydrogens is 333 g/mol. The quantitative estimate of drug-likeness (QED) is 0.736. The van der Waals surface area contributed by atoms with Gasteiger partial charge in [-0.25, -0.2) is 22.3 Å². The van der Waals surface area contributed by atoms with E-state index in [-0.39, 0.29) is 17.3 Å². The Kier molecular flexibility index (Phi) is 4.21. The van der Waals surface area contributed by atoms with Crippen LogP contribution < -0.4 is 10.3 Å². The van der Waals surface area contributed by atoms with Crippen molar-refractivity contribution >= 4 is 21.0 Å². The summed E-state index contributed by atoms with van der Waals surface area (Å²) in [7, 11) is -3.78. The number of fused-ring (bicyclic) bond motifs is 1. The third kappa shape index (κ3) is 3.37. The smallest absolute Gasteiger partial charge is 0.336 e. The van der Waals surface area contributed by atoms with Crippen molar-refractivity contribution in [1.82, 2.24) is 4.72 Å². The maximum atomic E-state index is 13.5. The van der Waals surface area contributed by atoms with Crippen LogP contribution in [-0.2, 0) is 16.6 Å². The van der Waals surface area contributed by atoms with Crippen molar-refractivity contribution in [3.05, 3.63) is 75.9 Å². The number of benzene rings is 2. The molecule has 2 aromatic carbocycles. The molecule has 5 nitrogen and oxygen atoms in total. The summed E-state index contributed by atoms with van der Waals surface area (Å²) in [5.74, 6) is -0.382. The molecule has 1 heterocycles. The fraction of sp³-hybridized carbons (Fsp3) is 0.118. The average molecular weight is 347 g/mol. The normalized spacial score (nSPS) is 11.8. The molecule has 3 rings (SSSR count). The van der Waals surface area contributed by atoms with Crippen molar-refractivity contribution in [1.29, 1.82) is 0 Å². The summed E-state index contributed by atoms with van der Waals surface area (Å²) in [5, 5.41) is 0.499. The fourth-order valence-electron chi connectivity index (χ4n) is 2.23. The highest BCUT2D eigenvalue weighted by molar-refractivity contribution is 7.89. The molecule has 3 aromatic rings. The van der Waals surface area contributed by atoms with Gasteiger partial charge in [-0.1, -0.05) is 12.1 Å². The molecule has 0 atom stereocenters. The summed E-state index contributed by atoms with van der Waals surface area (Å²) in [4.78, 5) is 11.2. The molecule has 0 saturated carbocycles. The van der Waals surface area contributed by atoms with Crippen molar-refractivity contribution in [2.45, 2.75) is 18.4 Å². The molecule has 0 bridgehead atoms. The van der Waals surface area contributed by atoms with E-state index >= 15 is 0 Å². The zero-order valence-electron chi connectivity index (χ0n) is 12.7. The molecule has 0 aliphatic heterocycles. The summed E-state index contributed by atoms with van der Waals surface area (Å²) in [6.45, 7) is 1.61. The van der Waals surface area contributed by atoms with Crippen LogP contribution in [0.5, 0.6) is 0 Å². The van der Waals surface area contributed by atoms with E-state index in [0.29, 0.717) is 22.1 Å². The van der Waals surface area contributed by atoms with Crippen molar-refractivity contribution < 1.29 is 17.2 Å². The maximum Gasteiger partial charge on any atom is 0.336 e. The highest BCUT2D eigenvalue weighted by atomic mass is 32.2. The molecule has 0 aliphatic rings. The van der Waals surface area contributed by atoms with Gasteiger partial charge in [-0.05, 0) is 48.4 Å². The first-order valence-corrected chi connectivity index (χ1v) is 8.62. The van der Waals surface area contributed by atoms with Crippen molar-refractivity contribution in [3.63, 3.8) is 0 Å². The number of hydrogen-bond acceptors (Lipinski definition) is 4. The number of hydrogen-bond donors (Lipinski definition) is 1. The number of sulfonamides is 1. The Morgan fingerprint density at radius 2 is 1.88 bits per heavy atom. The SMILES string of the molecule is Cc1ccc(CNS(=O)(=O)c2ccc3oc(=O)ccc3c2)cc1F. The van der Waals surface area contributed by atoms with E-state index in [1.54, 1.807) is 19.1 Å². The Hall–Kier alpha value is -2.51. The lowest BCUT2D eigenvalue weighted by Crippen LogP contribution is -2.23. The predicted molar refractivity (Wildman–Crippen MR) is 87.6 cm³/mol. The predicted octanol–water partition coefficient (Wildman–Crippen LogP) is 2.72. The van der Waals surface area contributed by atoms with Gasteiger partial charge in [0.1, 0.15) is 11.4 Å². The first-order chi connectivity index (χ1) is 11.3. The molecule has 1 aromatic heterocycles. The Balaban J connectivity index is 1.85. The highest BCUT2D eigenvalue weighted by Gasteiger charge is 2.15. The van der Waals surface area contributed by atoms with Gasteiger partial charge in [0.25, 0.3) is 0 Å². The number of aryl methyl sites for hydroxylation is 1. The first-order valence-electron chi connectivity index (χ1n) is 7.14. The van der Waals surface area contributed by atoms with Gasteiger partial charge in [-0.2, -0.15) is 0 Å². The molecule has 24 heavy (non-hydrogen) atoms. The lowest BCUT2D eigenvalue weighted by Gasteiger charge is -2.08. The summed E-state index contributed by atoms with van der Waals surface area (Å²) >= 11 is 0. The van der Waals surface area contributed by atoms with Crippen LogP contribution in [0.2, 0.25) is 0 Å². The molecular formula is C17H14FNO4S. The minimum absolute atomic E-state index is 0.0263. The van der Waals surface area contributed by atoms with Gasteiger partial charge in [0.05, 0.1) is 4.90 Å². The van der Waals surface area contributed by atoms with Gasteiger partial charge in [0.15, 0.2) is 0 Å². The van der Waals surface area contributed by atoms with E-state index in [0.717, 1.165) is 0 Å². The van der Waals surface area contributed by atoms with Crippen LogP contribution >= 0.6 is 0 Å². The zero-order valence-corrected chi connectivity index (χ0v) is 13.6. The highest BCUT2D eigenvalue weighted by Crippen LogP contribution is 2.18. The summed E-state index contributed by atoms with van der Waals surface area (Å²) < 4.78 is 45.7. The van der Waals surface area contributed by atoms with Gasteiger partial charge in [-0.3, -0.25) is 0 Å². The van der Waals surface area contributed by atoms with Crippen LogP contribution in [0.4, 0.5) is 4.39 Å². The summed E-state index contributed by atoms with van der Waals surface area (Å²) in [6, 6.07) is 11.5. The number of rotatable bonds is 4. The first kappa shape index (κ1) is 16.4. The lowest BCUT2D eigenvalue weighted by atomic mass is 10.1. The van der Waals surface area contributed by atoms with Crippen molar-refractivity contribution in [2.24, 2.45) is 0 Å². The third-order valence-electron chi connectivity index (χ3n) is 3.60. The van der Waals surface area contributed by atoms with E-state index in [2.05, 4.69) is 4.72 Å². The molecule has 0 unspecified atom stereocenters. The summed E-state index contributed by atoms with van der Waals surface area (Å²) in [5.41, 5.74) is 0.825. The van der Waals surface area contributed by atoms with Crippen LogP contribution in [0, 0.1) is 12.7 Å². The van der Waals surface area contributed by atoms with Crippen LogP contribution in [0.15, 0.2) is 62.6 Å².